The molecule has 1 fully saturated rings. The smallest absolute Gasteiger partial charge is 0.324 e. The molecular weight excluding hydrogens is 294 g/mol. The fourth-order valence-corrected chi connectivity index (χ4v) is 3.13. The predicted octanol–water partition coefficient (Wildman–Crippen LogP) is 1.46. The first-order valence-electron chi connectivity index (χ1n) is 6.95. The zero-order valence-electron chi connectivity index (χ0n) is 11.9. The van der Waals surface area contributed by atoms with Crippen LogP contribution < -0.4 is 9.46 Å². The van der Waals surface area contributed by atoms with Gasteiger partial charge in [0.25, 0.3) is 0 Å². The highest BCUT2D eigenvalue weighted by molar-refractivity contribution is 7.89. The lowest BCUT2D eigenvalue weighted by atomic mass is 10.3. The summed E-state index contributed by atoms with van der Waals surface area (Å²) in [5, 5.41) is 0. The highest BCUT2D eigenvalue weighted by atomic mass is 32.2. The molecule has 1 heterocycles. The molecule has 0 bridgehead atoms. The van der Waals surface area contributed by atoms with Crippen LogP contribution in [0.4, 0.5) is 0 Å². The van der Waals surface area contributed by atoms with Crippen LogP contribution in [0.25, 0.3) is 0 Å². The van der Waals surface area contributed by atoms with Crippen molar-refractivity contribution in [2.75, 3.05) is 13.2 Å². The second-order valence-corrected chi connectivity index (χ2v) is 6.52. The Labute approximate surface area is 124 Å². The molecule has 0 saturated carbocycles. The molecule has 0 radical (unpaired) electrons. The molecule has 0 aromatic heterocycles. The summed E-state index contributed by atoms with van der Waals surface area (Å²) in [5.74, 6) is 0.0979. The van der Waals surface area contributed by atoms with Crippen LogP contribution in [0, 0.1) is 0 Å². The molecule has 1 aromatic carbocycles. The Morgan fingerprint density at radius 3 is 2.62 bits per heavy atom. The Morgan fingerprint density at radius 1 is 1.33 bits per heavy atom. The van der Waals surface area contributed by atoms with Crippen LogP contribution in [-0.2, 0) is 19.6 Å². The number of carbonyl (C=O) groups is 1. The first-order chi connectivity index (χ1) is 10.0. The summed E-state index contributed by atoms with van der Waals surface area (Å²) in [5.41, 5.74) is 0. The van der Waals surface area contributed by atoms with E-state index in [0.717, 1.165) is 12.8 Å². The van der Waals surface area contributed by atoms with Gasteiger partial charge in [0, 0.05) is 6.42 Å². The summed E-state index contributed by atoms with van der Waals surface area (Å²) >= 11 is 0. The van der Waals surface area contributed by atoms with Crippen molar-refractivity contribution in [3.8, 4) is 5.75 Å². The van der Waals surface area contributed by atoms with Crippen molar-refractivity contribution in [2.45, 2.75) is 37.1 Å². The van der Waals surface area contributed by atoms with E-state index in [4.69, 9.17) is 9.47 Å². The number of benzene rings is 1. The second-order valence-electron chi connectivity index (χ2n) is 4.80. The van der Waals surface area contributed by atoms with Crippen LogP contribution in [0.15, 0.2) is 29.2 Å². The number of hydrogen-bond donors (Lipinski definition) is 1. The molecule has 1 aliphatic heterocycles. The van der Waals surface area contributed by atoms with Crippen LogP contribution in [0.1, 0.15) is 26.2 Å². The van der Waals surface area contributed by atoms with Gasteiger partial charge in [-0.05, 0) is 30.7 Å². The molecule has 0 aliphatic carbocycles. The van der Waals surface area contributed by atoms with E-state index in [-0.39, 0.29) is 11.5 Å². The van der Waals surface area contributed by atoms with Crippen molar-refractivity contribution in [1.29, 1.82) is 0 Å². The topological polar surface area (TPSA) is 81.7 Å². The van der Waals surface area contributed by atoms with Crippen LogP contribution >= 0.6 is 0 Å². The summed E-state index contributed by atoms with van der Waals surface area (Å²) in [4.78, 5) is 11.4. The molecule has 7 heteroatoms. The lowest BCUT2D eigenvalue weighted by molar-refractivity contribution is -0.139. The Balaban J connectivity index is 2.01. The Kier molecular flexibility index (Phi) is 5.19. The first-order valence-corrected chi connectivity index (χ1v) is 8.43. The minimum absolute atomic E-state index is 0.102. The minimum atomic E-state index is -3.72. The van der Waals surface area contributed by atoms with Gasteiger partial charge >= 0.3 is 5.97 Å². The van der Waals surface area contributed by atoms with E-state index in [2.05, 4.69) is 11.6 Å². The largest absolute Gasteiger partial charge is 0.494 e. The maximum absolute atomic E-state index is 12.1. The molecule has 1 atom stereocenters. The average Bonchev–Trinajstić information content (AvgIpc) is 2.84. The van der Waals surface area contributed by atoms with Crippen LogP contribution in [-0.4, -0.2) is 33.6 Å². The van der Waals surface area contributed by atoms with Crippen molar-refractivity contribution >= 4 is 16.0 Å². The maximum Gasteiger partial charge on any atom is 0.324 e. The van der Waals surface area contributed by atoms with Gasteiger partial charge in [0.05, 0.1) is 18.1 Å². The van der Waals surface area contributed by atoms with E-state index in [0.29, 0.717) is 18.8 Å². The lowest BCUT2D eigenvalue weighted by Gasteiger charge is -2.11. The number of esters is 1. The van der Waals surface area contributed by atoms with Crippen molar-refractivity contribution in [2.24, 2.45) is 0 Å². The van der Waals surface area contributed by atoms with E-state index < -0.39 is 22.0 Å². The Morgan fingerprint density at radius 2 is 2.05 bits per heavy atom. The molecule has 1 unspecified atom stereocenters. The standard InChI is InChI=1S/C14H19NO5S/c1-2-3-9-19-11-4-6-12(7-5-11)21(17,18)15-13-8-10-20-14(13)16/h4-7,13,15H,2-3,8-10H2,1H3. The zero-order chi connectivity index (χ0) is 15.3. The second kappa shape index (κ2) is 6.91. The van der Waals surface area contributed by atoms with Gasteiger partial charge in [-0.15, -0.1) is 0 Å². The summed E-state index contributed by atoms with van der Waals surface area (Å²) in [7, 11) is -3.72. The molecule has 6 nitrogen and oxygen atoms in total. The maximum atomic E-state index is 12.1. The van der Waals surface area contributed by atoms with E-state index in [9.17, 15) is 13.2 Å². The minimum Gasteiger partial charge on any atom is -0.494 e. The third kappa shape index (κ3) is 4.18. The SMILES string of the molecule is CCCCOc1ccc(S(=O)(=O)NC2CCOC2=O)cc1. The molecule has 1 aromatic rings. The fraction of sp³-hybridized carbons (Fsp3) is 0.500. The molecule has 1 aliphatic rings. The third-order valence-corrected chi connectivity index (χ3v) is 4.62. The van der Waals surface area contributed by atoms with E-state index in [1.54, 1.807) is 12.1 Å². The molecule has 0 spiro atoms. The number of unbranched alkanes of at least 4 members (excludes halogenated alkanes) is 1. The van der Waals surface area contributed by atoms with Crippen molar-refractivity contribution < 1.29 is 22.7 Å². The molecule has 1 N–H and O–H groups in total. The van der Waals surface area contributed by atoms with Gasteiger partial charge in [-0.25, -0.2) is 8.42 Å². The van der Waals surface area contributed by atoms with Crippen LogP contribution in [0.5, 0.6) is 5.75 Å². The zero-order valence-corrected chi connectivity index (χ0v) is 12.7. The number of rotatable bonds is 7. The number of ether oxygens (including phenoxy) is 2. The van der Waals surface area contributed by atoms with Gasteiger partial charge in [-0.2, -0.15) is 4.72 Å². The van der Waals surface area contributed by atoms with Crippen LogP contribution in [0.2, 0.25) is 0 Å². The highest BCUT2D eigenvalue weighted by Gasteiger charge is 2.31. The van der Waals surface area contributed by atoms with Crippen LogP contribution in [0.3, 0.4) is 0 Å². The summed E-state index contributed by atoms with van der Waals surface area (Å²) in [6.45, 7) is 2.92. The molecule has 1 saturated heterocycles. The van der Waals surface area contributed by atoms with Gasteiger partial charge in [0.2, 0.25) is 10.0 Å². The van der Waals surface area contributed by atoms with Gasteiger partial charge < -0.3 is 9.47 Å². The Bertz CT molecular complexity index is 582. The van der Waals surface area contributed by atoms with Crippen molar-refractivity contribution in [3.05, 3.63) is 24.3 Å². The molecular formula is C14H19NO5S. The highest BCUT2D eigenvalue weighted by Crippen LogP contribution is 2.18. The number of sulfonamides is 1. The van der Waals surface area contributed by atoms with E-state index in [1.165, 1.54) is 12.1 Å². The van der Waals surface area contributed by atoms with E-state index >= 15 is 0 Å². The third-order valence-electron chi connectivity index (χ3n) is 3.13. The summed E-state index contributed by atoms with van der Waals surface area (Å²) in [6.07, 6.45) is 2.34. The quantitative estimate of drug-likeness (QED) is 0.609. The van der Waals surface area contributed by atoms with Gasteiger partial charge in [-0.1, -0.05) is 13.3 Å². The number of carbonyl (C=O) groups excluding carboxylic acids is 1. The van der Waals surface area contributed by atoms with E-state index in [1.807, 2.05) is 0 Å². The fourth-order valence-electron chi connectivity index (χ4n) is 1.91. The number of cyclic esters (lactones) is 1. The molecule has 0 amide bonds. The number of hydrogen-bond acceptors (Lipinski definition) is 5. The van der Waals surface area contributed by atoms with Crippen molar-refractivity contribution in [1.82, 2.24) is 4.72 Å². The average molecular weight is 313 g/mol. The van der Waals surface area contributed by atoms with Gasteiger partial charge in [0.1, 0.15) is 11.8 Å². The molecule has 116 valence electrons. The Hall–Kier alpha value is -1.60. The first kappa shape index (κ1) is 15.8. The summed E-state index contributed by atoms with van der Waals surface area (Å²) in [6, 6.07) is 5.35. The predicted molar refractivity (Wildman–Crippen MR) is 76.5 cm³/mol. The molecule has 2 rings (SSSR count). The van der Waals surface area contributed by atoms with Gasteiger partial charge in [-0.3, -0.25) is 4.79 Å². The van der Waals surface area contributed by atoms with Crippen molar-refractivity contribution in [3.63, 3.8) is 0 Å². The monoisotopic (exact) mass is 313 g/mol. The lowest BCUT2D eigenvalue weighted by Crippen LogP contribution is -2.37. The number of nitrogens with one attached hydrogen (secondary N) is 1. The summed E-state index contributed by atoms with van der Waals surface area (Å²) < 4.78 is 36.9. The van der Waals surface area contributed by atoms with Gasteiger partial charge in [0.15, 0.2) is 0 Å². The molecule has 21 heavy (non-hydrogen) atoms. The normalized spacial score (nSPS) is 18.5.